The van der Waals surface area contributed by atoms with Crippen molar-refractivity contribution in [2.24, 2.45) is 4.99 Å². The zero-order valence-corrected chi connectivity index (χ0v) is 14.2. The minimum Gasteiger partial charge on any atom is -0.465 e. The lowest BCUT2D eigenvalue weighted by Gasteiger charge is -2.21. The van der Waals surface area contributed by atoms with E-state index in [9.17, 15) is 14.4 Å². The molecule has 0 bridgehead atoms. The van der Waals surface area contributed by atoms with Crippen LogP contribution in [0, 0.1) is 0 Å². The van der Waals surface area contributed by atoms with Gasteiger partial charge in [0.1, 0.15) is 11.1 Å². The number of aliphatic imine (C=N–C) groups is 1. The van der Waals surface area contributed by atoms with Crippen molar-refractivity contribution in [2.75, 3.05) is 14.2 Å². The molecule has 1 aliphatic rings. The van der Waals surface area contributed by atoms with Gasteiger partial charge in [0.25, 0.3) is 0 Å². The summed E-state index contributed by atoms with van der Waals surface area (Å²) in [6, 6.07) is 15.6. The van der Waals surface area contributed by atoms with Crippen LogP contribution < -0.4 is 0 Å². The van der Waals surface area contributed by atoms with Crippen molar-refractivity contribution in [1.82, 2.24) is 0 Å². The Labute approximate surface area is 149 Å². The third kappa shape index (κ3) is 2.93. The first kappa shape index (κ1) is 17.3. The molecule has 26 heavy (non-hydrogen) atoms. The van der Waals surface area contributed by atoms with Gasteiger partial charge in [0.05, 0.1) is 25.6 Å². The Balaban J connectivity index is 2.36. The van der Waals surface area contributed by atoms with E-state index in [1.807, 2.05) is 6.07 Å². The molecule has 6 heteroatoms. The number of ketones is 1. The molecule has 0 radical (unpaired) electrons. The zero-order valence-electron chi connectivity index (χ0n) is 14.2. The number of carbonyl (C=O) groups excluding carboxylic acids is 3. The third-order valence-corrected chi connectivity index (χ3v) is 3.92. The van der Waals surface area contributed by atoms with Crippen LogP contribution in [0.2, 0.25) is 0 Å². The number of benzene rings is 2. The van der Waals surface area contributed by atoms with Gasteiger partial charge in [-0.25, -0.2) is 14.6 Å². The molecule has 0 saturated heterocycles. The number of ether oxygens (including phenoxy) is 2. The van der Waals surface area contributed by atoms with Crippen LogP contribution in [-0.4, -0.2) is 37.7 Å². The molecule has 6 nitrogen and oxygen atoms in total. The van der Waals surface area contributed by atoms with E-state index in [1.54, 1.807) is 48.5 Å². The number of methoxy groups -OCH3 is 2. The highest BCUT2D eigenvalue weighted by atomic mass is 16.5. The van der Waals surface area contributed by atoms with Crippen LogP contribution in [-0.2, 0) is 19.1 Å². The quantitative estimate of drug-likeness (QED) is 0.628. The molecular formula is C20H15NO5. The second-order valence-electron chi connectivity index (χ2n) is 5.40. The van der Waals surface area contributed by atoms with E-state index in [4.69, 9.17) is 9.47 Å². The van der Waals surface area contributed by atoms with E-state index in [1.165, 1.54) is 7.11 Å². The molecule has 2 aromatic rings. The Bertz CT molecular complexity index is 957. The van der Waals surface area contributed by atoms with Crippen LogP contribution in [0.1, 0.15) is 15.9 Å². The predicted molar refractivity (Wildman–Crippen MR) is 94.5 cm³/mol. The van der Waals surface area contributed by atoms with Crippen molar-refractivity contribution in [2.45, 2.75) is 0 Å². The first-order valence-electron chi connectivity index (χ1n) is 7.77. The van der Waals surface area contributed by atoms with Crippen LogP contribution >= 0.6 is 0 Å². The van der Waals surface area contributed by atoms with E-state index in [-0.39, 0.29) is 22.4 Å². The summed E-state index contributed by atoms with van der Waals surface area (Å²) >= 11 is 0. The minimum absolute atomic E-state index is 0.193. The number of nitrogens with zero attached hydrogens (tertiary/aromatic N) is 1. The van der Waals surface area contributed by atoms with Gasteiger partial charge in [0.2, 0.25) is 5.78 Å². The second kappa shape index (κ2) is 7.14. The molecule has 0 amide bonds. The molecule has 0 saturated carbocycles. The van der Waals surface area contributed by atoms with Gasteiger partial charge in [-0.3, -0.25) is 4.79 Å². The van der Waals surface area contributed by atoms with Gasteiger partial charge in [-0.2, -0.15) is 0 Å². The molecule has 1 aliphatic carbocycles. The molecule has 0 unspecified atom stereocenters. The molecular weight excluding hydrogens is 334 g/mol. The summed E-state index contributed by atoms with van der Waals surface area (Å²) in [5.74, 6) is -2.34. The first-order valence-corrected chi connectivity index (χ1v) is 7.77. The SMILES string of the molecule is COC(=O)C1=C(C(=O)OC)C(=Nc2ccccc2)c2ccccc2C1=O. The lowest BCUT2D eigenvalue weighted by Crippen LogP contribution is -2.31. The number of esters is 2. The molecule has 0 fully saturated rings. The van der Waals surface area contributed by atoms with Crippen molar-refractivity contribution in [3.8, 4) is 0 Å². The molecule has 0 aliphatic heterocycles. The molecule has 130 valence electrons. The van der Waals surface area contributed by atoms with Crippen LogP contribution in [0.3, 0.4) is 0 Å². The standard InChI is InChI=1S/C20H15NO5/c1-25-19(23)15-16(20(24)26-2)18(22)14-11-7-6-10-13(14)17(15)21-12-8-4-3-5-9-12/h3-11H,1-2H3. The van der Waals surface area contributed by atoms with E-state index in [0.29, 0.717) is 11.3 Å². The lowest BCUT2D eigenvalue weighted by atomic mass is 9.83. The van der Waals surface area contributed by atoms with E-state index in [0.717, 1.165) is 7.11 Å². The molecule has 0 aromatic heterocycles. The maximum absolute atomic E-state index is 12.8. The summed E-state index contributed by atoms with van der Waals surface area (Å²) in [6.45, 7) is 0. The van der Waals surface area contributed by atoms with Crippen molar-refractivity contribution >= 4 is 29.1 Å². The monoisotopic (exact) mass is 349 g/mol. The number of rotatable bonds is 3. The van der Waals surface area contributed by atoms with Crippen LogP contribution in [0.4, 0.5) is 5.69 Å². The smallest absolute Gasteiger partial charge is 0.342 e. The van der Waals surface area contributed by atoms with Crippen LogP contribution in [0.5, 0.6) is 0 Å². The van der Waals surface area contributed by atoms with Gasteiger partial charge in [-0.15, -0.1) is 0 Å². The molecule has 0 atom stereocenters. The maximum Gasteiger partial charge on any atom is 0.342 e. The summed E-state index contributed by atoms with van der Waals surface area (Å²) in [4.78, 5) is 42.0. The number of Topliss-reactive ketones (excluding diaryl/α,β-unsaturated/α-hetero) is 1. The Morgan fingerprint density at radius 3 is 1.92 bits per heavy atom. The van der Waals surface area contributed by atoms with Crippen molar-refractivity contribution in [3.05, 3.63) is 76.9 Å². The minimum atomic E-state index is -0.911. The van der Waals surface area contributed by atoms with Crippen molar-refractivity contribution < 1.29 is 23.9 Å². The number of fused-ring (bicyclic) bond motifs is 1. The highest BCUT2D eigenvalue weighted by Gasteiger charge is 2.38. The lowest BCUT2D eigenvalue weighted by molar-refractivity contribution is -0.138. The van der Waals surface area contributed by atoms with Gasteiger partial charge >= 0.3 is 11.9 Å². The second-order valence-corrected chi connectivity index (χ2v) is 5.40. The van der Waals surface area contributed by atoms with E-state index in [2.05, 4.69) is 4.99 Å². The highest BCUT2D eigenvalue weighted by Crippen LogP contribution is 2.30. The Morgan fingerprint density at radius 1 is 0.769 bits per heavy atom. The fourth-order valence-corrected chi connectivity index (χ4v) is 2.73. The molecule has 0 spiro atoms. The van der Waals surface area contributed by atoms with Gasteiger partial charge in [-0.1, -0.05) is 42.5 Å². The maximum atomic E-state index is 12.8. The summed E-state index contributed by atoms with van der Waals surface area (Å²) in [6.07, 6.45) is 0. The predicted octanol–water partition coefficient (Wildman–Crippen LogP) is 2.65. The van der Waals surface area contributed by atoms with Crippen molar-refractivity contribution in [1.29, 1.82) is 0 Å². The molecule has 0 heterocycles. The highest BCUT2D eigenvalue weighted by molar-refractivity contribution is 6.43. The average Bonchev–Trinajstić information content (AvgIpc) is 2.69. The molecule has 2 aromatic carbocycles. The van der Waals surface area contributed by atoms with Crippen LogP contribution in [0.25, 0.3) is 0 Å². The third-order valence-electron chi connectivity index (χ3n) is 3.92. The van der Waals surface area contributed by atoms with Gasteiger partial charge in [-0.05, 0) is 12.1 Å². The van der Waals surface area contributed by atoms with Gasteiger partial charge in [0.15, 0.2) is 0 Å². The van der Waals surface area contributed by atoms with Crippen molar-refractivity contribution in [3.63, 3.8) is 0 Å². The fourth-order valence-electron chi connectivity index (χ4n) is 2.73. The normalized spacial score (nSPS) is 14.8. The average molecular weight is 349 g/mol. The largest absolute Gasteiger partial charge is 0.465 e. The molecule has 0 N–H and O–H groups in total. The topological polar surface area (TPSA) is 82.0 Å². The summed E-state index contributed by atoms with van der Waals surface area (Å²) in [5, 5.41) is 0. The number of hydrogen-bond acceptors (Lipinski definition) is 6. The van der Waals surface area contributed by atoms with E-state index < -0.39 is 17.7 Å². The van der Waals surface area contributed by atoms with Gasteiger partial charge < -0.3 is 9.47 Å². The van der Waals surface area contributed by atoms with E-state index >= 15 is 0 Å². The zero-order chi connectivity index (χ0) is 18.7. The number of carbonyl (C=O) groups is 3. The number of hydrogen-bond donors (Lipinski definition) is 0. The molecule has 3 rings (SSSR count). The number of para-hydroxylation sites is 1. The Kier molecular flexibility index (Phi) is 4.75. The summed E-state index contributed by atoms with van der Waals surface area (Å²) in [7, 11) is 2.32. The van der Waals surface area contributed by atoms with Gasteiger partial charge in [0, 0.05) is 11.1 Å². The fraction of sp³-hybridized carbons (Fsp3) is 0.100. The Morgan fingerprint density at radius 2 is 1.31 bits per heavy atom. The summed E-state index contributed by atoms with van der Waals surface area (Å²) in [5.41, 5.74) is 0.903. The summed E-state index contributed by atoms with van der Waals surface area (Å²) < 4.78 is 9.53. The van der Waals surface area contributed by atoms with Crippen LogP contribution in [0.15, 0.2) is 70.7 Å². The Hall–Kier alpha value is -3.54. The first-order chi connectivity index (χ1) is 12.6.